The van der Waals surface area contributed by atoms with Crippen LogP contribution in [0.15, 0.2) is 23.0 Å². The average Bonchev–Trinajstić information content (AvgIpc) is 2.82. The summed E-state index contributed by atoms with van der Waals surface area (Å²) in [6.45, 7) is 3.00. The molecule has 4 atom stereocenters. The number of phenolic OH excluding ortho intramolecular Hbond substituents is 1. The molecule has 3 aliphatic carbocycles. The number of halogens is 1. The van der Waals surface area contributed by atoms with E-state index in [1.807, 2.05) is 18.9 Å². The van der Waals surface area contributed by atoms with Gasteiger partial charge in [-0.25, -0.2) is 4.39 Å². The molecule has 0 spiro atoms. The number of carbonyl (C=O) groups excluding carboxylic acids is 3. The van der Waals surface area contributed by atoms with Crippen LogP contribution in [-0.2, 0) is 27.3 Å². The van der Waals surface area contributed by atoms with Crippen LogP contribution in [0.25, 0.3) is 5.76 Å². The van der Waals surface area contributed by atoms with Crippen LogP contribution < -0.4 is 5.73 Å². The number of fused-ring (bicyclic) bond motifs is 3. The quantitative estimate of drug-likeness (QED) is 0.327. The van der Waals surface area contributed by atoms with Crippen molar-refractivity contribution in [3.8, 4) is 5.75 Å². The van der Waals surface area contributed by atoms with Crippen LogP contribution >= 0.6 is 0 Å². The molecule has 0 bridgehead atoms. The summed E-state index contributed by atoms with van der Waals surface area (Å²) in [4.78, 5) is 42.3. The second-order valence-electron chi connectivity index (χ2n) is 10.8. The van der Waals surface area contributed by atoms with Crippen molar-refractivity contribution in [1.82, 2.24) is 9.80 Å². The molecule has 1 amide bonds. The van der Waals surface area contributed by atoms with Gasteiger partial charge in [0.2, 0.25) is 5.78 Å². The second kappa shape index (κ2) is 9.79. The summed E-state index contributed by atoms with van der Waals surface area (Å²) in [5, 5.41) is 44.4. The number of aromatic hydroxyl groups is 1. The Bertz CT molecular complexity index is 1290. The molecule has 38 heavy (non-hydrogen) atoms. The number of nitrogens with zero attached hydrogens (tertiary/aromatic N) is 2. The van der Waals surface area contributed by atoms with E-state index in [0.29, 0.717) is 0 Å². The highest BCUT2D eigenvalue weighted by atomic mass is 19.1. The fourth-order valence-corrected chi connectivity index (χ4v) is 6.26. The molecule has 1 aromatic carbocycles. The Labute approximate surface area is 219 Å². The lowest BCUT2D eigenvalue weighted by atomic mass is 9.57. The molecular weight excluding hydrogens is 497 g/mol. The summed E-state index contributed by atoms with van der Waals surface area (Å²) in [7, 11) is 4.88. The Morgan fingerprint density at radius 2 is 1.87 bits per heavy atom. The lowest BCUT2D eigenvalue weighted by molar-refractivity contribution is -0.153. The molecule has 1 saturated carbocycles. The van der Waals surface area contributed by atoms with Crippen LogP contribution in [0.3, 0.4) is 0 Å². The lowest BCUT2D eigenvalue weighted by Crippen LogP contribution is -2.65. The Kier molecular flexibility index (Phi) is 7.15. The predicted octanol–water partition coefficient (Wildman–Crippen LogP) is 1.34. The number of hydrogen-bond acceptors (Lipinski definition) is 9. The molecule has 0 heterocycles. The number of Topliss-reactive ketones (excluding diaryl/α,β-unsaturated/α-hetero) is 2. The number of ketones is 2. The van der Waals surface area contributed by atoms with Gasteiger partial charge in [-0.1, -0.05) is 13.3 Å². The van der Waals surface area contributed by atoms with E-state index in [2.05, 4.69) is 0 Å². The number of likely N-dealkylation sites (N-methyl/N-ethyl adjacent to an activating group) is 1. The molecule has 11 heteroatoms. The fraction of sp³-hybridized carbons (Fsp3) is 0.519. The van der Waals surface area contributed by atoms with Crippen molar-refractivity contribution in [3.05, 3.63) is 45.5 Å². The van der Waals surface area contributed by atoms with Gasteiger partial charge in [-0.05, 0) is 58.9 Å². The lowest BCUT2D eigenvalue weighted by Gasteiger charge is -2.50. The van der Waals surface area contributed by atoms with E-state index in [1.165, 1.54) is 25.1 Å². The number of nitrogens with two attached hydrogens (primary N) is 1. The Morgan fingerprint density at radius 1 is 1.21 bits per heavy atom. The van der Waals surface area contributed by atoms with Gasteiger partial charge < -0.3 is 31.1 Å². The maximum Gasteiger partial charge on any atom is 0.255 e. The maximum atomic E-state index is 15.8. The first-order valence-corrected chi connectivity index (χ1v) is 12.6. The molecule has 1 aromatic rings. The molecule has 1 fully saturated rings. The summed E-state index contributed by atoms with van der Waals surface area (Å²) >= 11 is 0. The van der Waals surface area contributed by atoms with Crippen LogP contribution in [0, 0.1) is 17.7 Å². The van der Waals surface area contributed by atoms with E-state index >= 15 is 4.39 Å². The van der Waals surface area contributed by atoms with Gasteiger partial charge in [0.15, 0.2) is 11.4 Å². The third-order valence-corrected chi connectivity index (χ3v) is 8.06. The minimum Gasteiger partial charge on any atom is -0.508 e. The number of rotatable bonds is 7. The van der Waals surface area contributed by atoms with Crippen LogP contribution in [0.5, 0.6) is 5.75 Å². The molecule has 6 N–H and O–H groups in total. The molecular formula is C27H34FN3O7. The van der Waals surface area contributed by atoms with E-state index in [4.69, 9.17) is 5.73 Å². The van der Waals surface area contributed by atoms with Crippen molar-refractivity contribution in [3.63, 3.8) is 0 Å². The minimum absolute atomic E-state index is 0.0366. The molecule has 0 unspecified atom stereocenters. The third-order valence-electron chi connectivity index (χ3n) is 8.06. The zero-order valence-corrected chi connectivity index (χ0v) is 21.9. The zero-order chi connectivity index (χ0) is 28.3. The van der Waals surface area contributed by atoms with Gasteiger partial charge in [0.1, 0.15) is 28.7 Å². The molecule has 0 aromatic heterocycles. The Hall–Kier alpha value is -3.28. The average molecular weight is 532 g/mol. The number of aliphatic hydroxyl groups excluding tert-OH is 2. The smallest absolute Gasteiger partial charge is 0.255 e. The summed E-state index contributed by atoms with van der Waals surface area (Å²) < 4.78 is 15.8. The van der Waals surface area contributed by atoms with E-state index in [1.54, 1.807) is 0 Å². The fourth-order valence-electron chi connectivity index (χ4n) is 6.26. The molecule has 4 rings (SSSR count). The second-order valence-corrected chi connectivity index (χ2v) is 10.8. The van der Waals surface area contributed by atoms with E-state index < -0.39 is 69.6 Å². The van der Waals surface area contributed by atoms with E-state index in [0.717, 1.165) is 19.4 Å². The van der Waals surface area contributed by atoms with Crippen LogP contribution in [0.4, 0.5) is 4.39 Å². The van der Waals surface area contributed by atoms with Gasteiger partial charge in [0, 0.05) is 29.2 Å². The van der Waals surface area contributed by atoms with E-state index in [9.17, 15) is 34.8 Å². The molecule has 0 saturated heterocycles. The first-order chi connectivity index (χ1) is 17.8. The topological polar surface area (TPSA) is 165 Å². The number of amides is 1. The third kappa shape index (κ3) is 4.00. The molecule has 206 valence electrons. The normalized spacial score (nSPS) is 27.1. The summed E-state index contributed by atoms with van der Waals surface area (Å²) in [5.41, 5.74) is 1.43. The monoisotopic (exact) mass is 531 g/mol. The first kappa shape index (κ1) is 27.7. The Morgan fingerprint density at radius 3 is 2.45 bits per heavy atom. The van der Waals surface area contributed by atoms with Crippen molar-refractivity contribution in [2.24, 2.45) is 17.6 Å². The zero-order valence-electron chi connectivity index (χ0n) is 21.9. The van der Waals surface area contributed by atoms with Gasteiger partial charge in [-0.2, -0.15) is 0 Å². The SMILES string of the molecule is CCCCN(C)Cc1cc(O)c2c(c1F)C[C@H]1C[C@H]3[C@H](N(C)C)C(=O)C(C(N)=O)=C(O)[C@@]3(O)C(=O)C1=C2O. The summed E-state index contributed by atoms with van der Waals surface area (Å²) in [6, 6.07) is 0.0203. The summed E-state index contributed by atoms with van der Waals surface area (Å²) in [5.74, 6) is -8.18. The number of hydrogen-bond donors (Lipinski definition) is 5. The summed E-state index contributed by atoms with van der Waals surface area (Å²) in [6.07, 6.45) is 1.71. The number of unbranched alkanes of at least 4 members (excludes halogenated alkanes) is 1. The van der Waals surface area contributed by atoms with Crippen molar-refractivity contribution in [2.75, 3.05) is 27.7 Å². The van der Waals surface area contributed by atoms with Crippen molar-refractivity contribution < 1.29 is 39.2 Å². The molecule has 3 aliphatic rings. The van der Waals surface area contributed by atoms with Crippen molar-refractivity contribution in [2.45, 2.75) is 50.8 Å². The number of carbonyl (C=O) groups is 3. The van der Waals surface area contributed by atoms with Crippen molar-refractivity contribution >= 4 is 23.2 Å². The predicted molar refractivity (Wildman–Crippen MR) is 135 cm³/mol. The van der Waals surface area contributed by atoms with E-state index in [-0.39, 0.29) is 41.6 Å². The van der Waals surface area contributed by atoms with Gasteiger partial charge in [0.25, 0.3) is 5.91 Å². The van der Waals surface area contributed by atoms with Gasteiger partial charge in [-0.3, -0.25) is 19.3 Å². The number of primary amides is 1. The van der Waals surface area contributed by atoms with Gasteiger partial charge in [-0.15, -0.1) is 0 Å². The molecule has 10 nitrogen and oxygen atoms in total. The van der Waals surface area contributed by atoms with Crippen LogP contribution in [0.1, 0.15) is 42.9 Å². The highest BCUT2D eigenvalue weighted by Gasteiger charge is 2.64. The molecule has 0 radical (unpaired) electrons. The minimum atomic E-state index is -2.72. The van der Waals surface area contributed by atoms with Gasteiger partial charge in [0.05, 0.1) is 11.6 Å². The number of phenols is 1. The standard InChI is InChI=1S/C27H34FN3O7/c1-5-6-7-31(4)11-13-10-16(32)18-14(20(13)28)8-12-9-15-21(30(2)3)23(34)19(26(29)37)25(36)27(15,38)24(35)17(12)22(18)33/h10,12,15,21,32-33,36,38H,5-9,11H2,1-4H3,(H2,29,37)/t12-,15-,21-,27-/m0/s1. The Balaban J connectivity index is 1.86. The van der Waals surface area contributed by atoms with Crippen LogP contribution in [-0.4, -0.2) is 87.0 Å². The first-order valence-electron chi connectivity index (χ1n) is 12.6. The largest absolute Gasteiger partial charge is 0.508 e. The molecule has 0 aliphatic heterocycles. The van der Waals surface area contributed by atoms with Crippen LogP contribution in [0.2, 0.25) is 0 Å². The number of benzene rings is 1. The maximum absolute atomic E-state index is 15.8. The van der Waals surface area contributed by atoms with Gasteiger partial charge >= 0.3 is 0 Å². The highest BCUT2D eigenvalue weighted by Crippen LogP contribution is 2.53. The van der Waals surface area contributed by atoms with Crippen molar-refractivity contribution in [1.29, 1.82) is 0 Å². The number of aliphatic hydroxyl groups is 3. The highest BCUT2D eigenvalue weighted by molar-refractivity contribution is 6.24.